The molecule has 0 saturated carbocycles. The van der Waals surface area contributed by atoms with E-state index in [0.29, 0.717) is 11.9 Å². The Morgan fingerprint density at radius 3 is 2.22 bits per heavy atom. The summed E-state index contributed by atoms with van der Waals surface area (Å²) in [6.45, 7) is 8.42. The van der Waals surface area contributed by atoms with E-state index in [4.69, 9.17) is 11.6 Å². The van der Waals surface area contributed by atoms with E-state index in [9.17, 15) is 0 Å². The highest BCUT2D eigenvalue weighted by molar-refractivity contribution is 6.16. The van der Waals surface area contributed by atoms with Crippen LogP contribution in [0.3, 0.4) is 0 Å². The zero-order chi connectivity index (χ0) is 13.3. The molecule has 3 nitrogen and oxygen atoms in total. The van der Waals surface area contributed by atoms with Gasteiger partial charge in [0.25, 0.3) is 0 Å². The van der Waals surface area contributed by atoms with Gasteiger partial charge in [-0.25, -0.2) is 0 Å². The van der Waals surface area contributed by atoms with Crippen LogP contribution in [-0.2, 0) is 5.88 Å². The Labute approximate surface area is 113 Å². The first-order chi connectivity index (χ1) is 8.52. The van der Waals surface area contributed by atoms with Crippen molar-refractivity contribution in [3.05, 3.63) is 35.2 Å². The van der Waals surface area contributed by atoms with Crippen molar-refractivity contribution < 1.29 is 0 Å². The maximum absolute atomic E-state index is 5.92. The van der Waals surface area contributed by atoms with Crippen LogP contribution in [0.5, 0.6) is 0 Å². The van der Waals surface area contributed by atoms with Crippen LogP contribution < -0.4 is 0 Å². The summed E-state index contributed by atoms with van der Waals surface area (Å²) in [5.41, 5.74) is 3.57. The Balaban J connectivity index is 2.60. The molecule has 4 heteroatoms. The fourth-order valence-corrected chi connectivity index (χ4v) is 2.44. The van der Waals surface area contributed by atoms with Crippen LogP contribution in [0.25, 0.3) is 11.4 Å². The van der Waals surface area contributed by atoms with Gasteiger partial charge in [0.1, 0.15) is 5.82 Å². The summed E-state index contributed by atoms with van der Waals surface area (Å²) in [6.07, 6.45) is 0. The average molecular weight is 264 g/mol. The number of nitrogens with zero attached hydrogens (tertiary/aromatic N) is 3. The van der Waals surface area contributed by atoms with Gasteiger partial charge in [-0.1, -0.05) is 17.2 Å². The maximum atomic E-state index is 5.92. The number of benzene rings is 1. The third kappa shape index (κ3) is 2.41. The summed E-state index contributed by atoms with van der Waals surface area (Å²) >= 11 is 5.92. The standard InChI is InChI=1S/C14H18ClN3/c1-9(2)18-13(8-15)16-17-14(18)12-6-10(3)5-11(4)7-12/h5-7,9H,8H2,1-4H3. The molecule has 0 saturated heterocycles. The minimum absolute atomic E-state index is 0.296. The lowest BCUT2D eigenvalue weighted by atomic mass is 10.1. The number of aromatic nitrogens is 3. The van der Waals surface area contributed by atoms with Gasteiger partial charge in [0.05, 0.1) is 5.88 Å². The number of rotatable bonds is 3. The largest absolute Gasteiger partial charge is 0.307 e. The predicted octanol–water partition coefficient (Wildman–Crippen LogP) is 3.88. The maximum Gasteiger partial charge on any atom is 0.164 e. The van der Waals surface area contributed by atoms with Gasteiger partial charge in [-0.15, -0.1) is 21.8 Å². The van der Waals surface area contributed by atoms with Gasteiger partial charge in [-0.3, -0.25) is 0 Å². The topological polar surface area (TPSA) is 30.7 Å². The van der Waals surface area contributed by atoms with E-state index in [1.54, 1.807) is 0 Å². The first-order valence-electron chi connectivity index (χ1n) is 6.11. The normalized spacial score (nSPS) is 11.2. The van der Waals surface area contributed by atoms with Crippen molar-refractivity contribution in [1.29, 1.82) is 0 Å². The minimum Gasteiger partial charge on any atom is -0.307 e. The first-order valence-corrected chi connectivity index (χ1v) is 6.64. The average Bonchev–Trinajstić information content (AvgIpc) is 2.71. The monoisotopic (exact) mass is 263 g/mol. The molecular weight excluding hydrogens is 246 g/mol. The minimum atomic E-state index is 0.296. The van der Waals surface area contributed by atoms with E-state index in [1.165, 1.54) is 11.1 Å². The molecule has 1 heterocycles. The molecule has 18 heavy (non-hydrogen) atoms. The van der Waals surface area contributed by atoms with E-state index in [0.717, 1.165) is 17.2 Å². The molecule has 1 aromatic carbocycles. The smallest absolute Gasteiger partial charge is 0.164 e. The van der Waals surface area contributed by atoms with E-state index in [-0.39, 0.29) is 0 Å². The van der Waals surface area contributed by atoms with Crippen molar-refractivity contribution in [3.8, 4) is 11.4 Å². The quantitative estimate of drug-likeness (QED) is 0.787. The molecular formula is C14H18ClN3. The highest BCUT2D eigenvalue weighted by Crippen LogP contribution is 2.25. The molecule has 2 aromatic rings. The summed E-state index contributed by atoms with van der Waals surface area (Å²) in [7, 11) is 0. The molecule has 0 aliphatic carbocycles. The van der Waals surface area contributed by atoms with Crippen molar-refractivity contribution in [1.82, 2.24) is 14.8 Å². The second-order valence-corrected chi connectivity index (χ2v) is 5.18. The molecule has 0 unspecified atom stereocenters. The molecule has 0 fully saturated rings. The number of hydrogen-bond donors (Lipinski definition) is 0. The fraction of sp³-hybridized carbons (Fsp3) is 0.429. The fourth-order valence-electron chi connectivity index (χ4n) is 2.26. The van der Waals surface area contributed by atoms with Gasteiger partial charge in [0.2, 0.25) is 0 Å². The van der Waals surface area contributed by atoms with Crippen molar-refractivity contribution in [3.63, 3.8) is 0 Å². The second-order valence-electron chi connectivity index (χ2n) is 4.91. The Morgan fingerprint density at radius 1 is 1.11 bits per heavy atom. The van der Waals surface area contributed by atoms with Crippen molar-refractivity contribution in [2.45, 2.75) is 39.6 Å². The van der Waals surface area contributed by atoms with Crippen LogP contribution in [0.1, 0.15) is 36.8 Å². The van der Waals surface area contributed by atoms with Crippen molar-refractivity contribution >= 4 is 11.6 Å². The third-order valence-corrected chi connectivity index (χ3v) is 3.12. The molecule has 0 N–H and O–H groups in total. The number of hydrogen-bond acceptors (Lipinski definition) is 2. The van der Waals surface area contributed by atoms with Crippen LogP contribution in [-0.4, -0.2) is 14.8 Å². The van der Waals surface area contributed by atoms with Crippen LogP contribution in [0.15, 0.2) is 18.2 Å². The Morgan fingerprint density at radius 2 is 1.72 bits per heavy atom. The SMILES string of the molecule is Cc1cc(C)cc(-c2nnc(CCl)n2C(C)C)c1. The molecule has 0 bridgehead atoms. The Kier molecular flexibility index (Phi) is 3.71. The highest BCUT2D eigenvalue weighted by atomic mass is 35.5. The van der Waals surface area contributed by atoms with Crippen molar-refractivity contribution in [2.24, 2.45) is 0 Å². The molecule has 0 aliphatic heterocycles. The Bertz CT molecular complexity index is 538. The van der Waals surface area contributed by atoms with Crippen LogP contribution in [0.4, 0.5) is 0 Å². The van der Waals surface area contributed by atoms with E-state index < -0.39 is 0 Å². The number of aryl methyl sites for hydroxylation is 2. The zero-order valence-corrected chi connectivity index (χ0v) is 12.0. The van der Waals surface area contributed by atoms with Crippen LogP contribution in [0.2, 0.25) is 0 Å². The molecule has 0 atom stereocenters. The summed E-state index contributed by atoms with van der Waals surface area (Å²) in [5.74, 6) is 2.10. The Hall–Kier alpha value is -1.35. The summed E-state index contributed by atoms with van der Waals surface area (Å²) < 4.78 is 2.10. The molecule has 0 amide bonds. The summed E-state index contributed by atoms with van der Waals surface area (Å²) in [5, 5.41) is 8.46. The lowest BCUT2D eigenvalue weighted by Crippen LogP contribution is -2.07. The van der Waals surface area contributed by atoms with Gasteiger partial charge in [-0.2, -0.15) is 0 Å². The number of halogens is 1. The summed E-state index contributed by atoms with van der Waals surface area (Å²) in [6, 6.07) is 6.72. The van der Waals surface area contributed by atoms with Gasteiger partial charge in [0.15, 0.2) is 5.82 Å². The molecule has 1 aromatic heterocycles. The van der Waals surface area contributed by atoms with Crippen molar-refractivity contribution in [2.75, 3.05) is 0 Å². The van der Waals surface area contributed by atoms with Gasteiger partial charge in [0, 0.05) is 11.6 Å². The lowest BCUT2D eigenvalue weighted by molar-refractivity contribution is 0.585. The van der Waals surface area contributed by atoms with E-state index in [1.807, 2.05) is 0 Å². The van der Waals surface area contributed by atoms with Gasteiger partial charge < -0.3 is 4.57 Å². The zero-order valence-electron chi connectivity index (χ0n) is 11.2. The van der Waals surface area contributed by atoms with Crippen LogP contribution >= 0.6 is 11.6 Å². The molecule has 2 rings (SSSR count). The number of alkyl halides is 1. The van der Waals surface area contributed by atoms with Gasteiger partial charge in [-0.05, 0) is 39.8 Å². The van der Waals surface area contributed by atoms with E-state index in [2.05, 4.69) is 60.7 Å². The predicted molar refractivity (Wildman–Crippen MR) is 74.9 cm³/mol. The first kappa shape index (κ1) is 13.1. The highest BCUT2D eigenvalue weighted by Gasteiger charge is 2.15. The van der Waals surface area contributed by atoms with Crippen LogP contribution in [0, 0.1) is 13.8 Å². The summed E-state index contributed by atoms with van der Waals surface area (Å²) in [4.78, 5) is 0. The lowest BCUT2D eigenvalue weighted by Gasteiger charge is -2.13. The second kappa shape index (κ2) is 5.11. The molecule has 0 spiro atoms. The molecule has 0 aliphatic rings. The molecule has 96 valence electrons. The molecule has 0 radical (unpaired) electrons. The van der Waals surface area contributed by atoms with E-state index >= 15 is 0 Å². The van der Waals surface area contributed by atoms with Gasteiger partial charge >= 0.3 is 0 Å². The third-order valence-electron chi connectivity index (χ3n) is 2.88.